The summed E-state index contributed by atoms with van der Waals surface area (Å²) < 4.78 is 18.9. The van der Waals surface area contributed by atoms with Crippen LogP contribution in [0.1, 0.15) is 28.1 Å². The van der Waals surface area contributed by atoms with Crippen molar-refractivity contribution in [2.45, 2.75) is 13.0 Å². The van der Waals surface area contributed by atoms with Gasteiger partial charge in [-0.3, -0.25) is 9.69 Å². The van der Waals surface area contributed by atoms with Gasteiger partial charge in [0.25, 0.3) is 5.91 Å². The molecule has 0 spiro atoms. The molecule has 0 atom stereocenters. The number of benzene rings is 2. The average molecular weight is 403 g/mol. The third kappa shape index (κ3) is 4.58. The summed E-state index contributed by atoms with van der Waals surface area (Å²) in [6, 6.07) is 19.2. The average Bonchev–Trinajstić information content (AvgIpc) is 3.15. The zero-order valence-electron chi connectivity index (χ0n) is 16.6. The van der Waals surface area contributed by atoms with E-state index in [1.54, 1.807) is 24.3 Å². The van der Waals surface area contributed by atoms with E-state index in [0.717, 1.165) is 37.2 Å². The van der Waals surface area contributed by atoms with Gasteiger partial charge in [-0.15, -0.1) is 0 Å². The monoisotopic (exact) mass is 403 g/mol. The van der Waals surface area contributed by atoms with Crippen molar-refractivity contribution in [3.05, 3.63) is 83.4 Å². The van der Waals surface area contributed by atoms with Crippen LogP contribution in [0.25, 0.3) is 11.3 Å². The molecule has 2 heterocycles. The number of nitrogens with zero attached hydrogens (tertiary/aromatic N) is 3. The third-order valence-corrected chi connectivity index (χ3v) is 5.31. The molecule has 5 nitrogen and oxygen atoms in total. The fourth-order valence-corrected chi connectivity index (χ4v) is 3.65. The van der Waals surface area contributed by atoms with Gasteiger partial charge >= 0.3 is 0 Å². The molecule has 1 fully saturated rings. The highest BCUT2D eigenvalue weighted by Gasteiger charge is 2.23. The van der Waals surface area contributed by atoms with Crippen molar-refractivity contribution in [1.29, 1.82) is 5.26 Å². The largest absolute Gasteiger partial charge is 0.451 e. The predicted molar refractivity (Wildman–Crippen MR) is 111 cm³/mol. The van der Waals surface area contributed by atoms with Crippen molar-refractivity contribution in [2.24, 2.45) is 0 Å². The minimum Gasteiger partial charge on any atom is -0.451 e. The van der Waals surface area contributed by atoms with E-state index >= 15 is 0 Å². The smallest absolute Gasteiger partial charge is 0.289 e. The molecule has 0 saturated carbocycles. The van der Waals surface area contributed by atoms with Crippen LogP contribution >= 0.6 is 0 Å². The van der Waals surface area contributed by atoms with Crippen LogP contribution in [0.2, 0.25) is 0 Å². The van der Waals surface area contributed by atoms with E-state index in [2.05, 4.69) is 11.0 Å². The highest BCUT2D eigenvalue weighted by Crippen LogP contribution is 2.23. The number of halogens is 1. The summed E-state index contributed by atoms with van der Waals surface area (Å²) >= 11 is 0. The third-order valence-electron chi connectivity index (χ3n) is 5.31. The molecule has 2 aromatic carbocycles. The van der Waals surface area contributed by atoms with E-state index in [1.165, 1.54) is 12.1 Å². The topological polar surface area (TPSA) is 60.5 Å². The normalized spacial score (nSPS) is 14.9. The SMILES string of the molecule is N#Cc1ccc(CN2CCCN(C(=O)c3ccc(-c4ccc(F)cc4)o3)CC2)cc1. The van der Waals surface area contributed by atoms with Gasteiger partial charge in [0.1, 0.15) is 11.6 Å². The van der Waals surface area contributed by atoms with Crippen molar-refractivity contribution in [1.82, 2.24) is 9.80 Å². The van der Waals surface area contributed by atoms with Crippen LogP contribution in [0.5, 0.6) is 0 Å². The van der Waals surface area contributed by atoms with Crippen molar-refractivity contribution in [3.8, 4) is 17.4 Å². The number of nitriles is 1. The van der Waals surface area contributed by atoms with Crippen molar-refractivity contribution in [2.75, 3.05) is 26.2 Å². The lowest BCUT2D eigenvalue weighted by Crippen LogP contribution is -2.34. The molecule has 4 rings (SSSR count). The Morgan fingerprint density at radius 1 is 0.967 bits per heavy atom. The molecule has 0 radical (unpaired) electrons. The zero-order chi connectivity index (χ0) is 20.9. The molecule has 1 aliphatic heterocycles. The predicted octanol–water partition coefficient (Wildman–Crippen LogP) is 4.31. The molecule has 0 bridgehead atoms. The summed E-state index contributed by atoms with van der Waals surface area (Å²) in [5, 5.41) is 8.92. The van der Waals surface area contributed by atoms with Gasteiger partial charge in [0, 0.05) is 38.3 Å². The molecule has 1 amide bonds. The number of amides is 1. The molecule has 0 unspecified atom stereocenters. The quantitative estimate of drug-likeness (QED) is 0.652. The summed E-state index contributed by atoms with van der Waals surface area (Å²) in [5.74, 6) is 0.422. The number of carbonyl (C=O) groups excluding carboxylic acids is 1. The highest BCUT2D eigenvalue weighted by molar-refractivity contribution is 5.92. The van der Waals surface area contributed by atoms with Crippen LogP contribution < -0.4 is 0 Å². The van der Waals surface area contributed by atoms with Crippen LogP contribution in [0.4, 0.5) is 4.39 Å². The first-order valence-electron chi connectivity index (χ1n) is 9.99. The summed E-state index contributed by atoms with van der Waals surface area (Å²) in [6.07, 6.45) is 0.882. The maximum Gasteiger partial charge on any atom is 0.289 e. The van der Waals surface area contributed by atoms with Crippen molar-refractivity contribution >= 4 is 5.91 Å². The highest BCUT2D eigenvalue weighted by atomic mass is 19.1. The lowest BCUT2D eigenvalue weighted by atomic mass is 10.1. The van der Waals surface area contributed by atoms with E-state index < -0.39 is 0 Å². The molecule has 152 valence electrons. The molecule has 0 aliphatic carbocycles. The van der Waals surface area contributed by atoms with E-state index in [-0.39, 0.29) is 11.7 Å². The summed E-state index contributed by atoms with van der Waals surface area (Å²) in [4.78, 5) is 17.1. The summed E-state index contributed by atoms with van der Waals surface area (Å²) in [7, 11) is 0. The second-order valence-electron chi connectivity index (χ2n) is 7.40. The number of carbonyl (C=O) groups is 1. The van der Waals surface area contributed by atoms with Gasteiger partial charge in [0.2, 0.25) is 0 Å². The Kier molecular flexibility index (Phi) is 5.92. The van der Waals surface area contributed by atoms with Crippen LogP contribution in [-0.4, -0.2) is 41.9 Å². The zero-order valence-corrected chi connectivity index (χ0v) is 16.6. The van der Waals surface area contributed by atoms with Gasteiger partial charge in [0.15, 0.2) is 5.76 Å². The molecular weight excluding hydrogens is 381 g/mol. The fourth-order valence-electron chi connectivity index (χ4n) is 3.65. The first-order chi connectivity index (χ1) is 14.6. The van der Waals surface area contributed by atoms with E-state index in [9.17, 15) is 9.18 Å². The van der Waals surface area contributed by atoms with Gasteiger partial charge in [-0.05, 0) is 60.5 Å². The summed E-state index contributed by atoms with van der Waals surface area (Å²) in [5.41, 5.74) is 2.55. The van der Waals surface area contributed by atoms with Crippen molar-refractivity contribution < 1.29 is 13.6 Å². The number of furan rings is 1. The number of hydrogen-bond donors (Lipinski definition) is 0. The Morgan fingerprint density at radius 3 is 2.47 bits per heavy atom. The first kappa shape index (κ1) is 19.9. The Balaban J connectivity index is 1.37. The molecule has 3 aromatic rings. The van der Waals surface area contributed by atoms with E-state index in [4.69, 9.17) is 9.68 Å². The molecule has 30 heavy (non-hydrogen) atoms. The second-order valence-corrected chi connectivity index (χ2v) is 7.40. The molecule has 0 N–H and O–H groups in total. The minimum atomic E-state index is -0.309. The van der Waals surface area contributed by atoms with Crippen LogP contribution in [0.3, 0.4) is 0 Å². The molecule has 6 heteroatoms. The Hall–Kier alpha value is -3.43. The summed E-state index contributed by atoms with van der Waals surface area (Å²) in [6.45, 7) is 3.78. The van der Waals surface area contributed by atoms with Crippen LogP contribution in [0.15, 0.2) is 65.1 Å². The van der Waals surface area contributed by atoms with Gasteiger partial charge in [0.05, 0.1) is 11.6 Å². The standard InChI is InChI=1S/C24H22FN3O2/c25-21-8-6-20(7-9-21)22-10-11-23(30-22)24(29)28-13-1-12-27(14-15-28)17-19-4-2-18(16-26)3-5-19/h2-11H,1,12-15,17H2. The molecule has 1 saturated heterocycles. The second kappa shape index (κ2) is 8.93. The maximum absolute atomic E-state index is 13.1. The van der Waals surface area contributed by atoms with Gasteiger partial charge in [-0.25, -0.2) is 4.39 Å². The lowest BCUT2D eigenvalue weighted by Gasteiger charge is -2.21. The van der Waals surface area contributed by atoms with Gasteiger partial charge in [-0.2, -0.15) is 5.26 Å². The van der Waals surface area contributed by atoms with Crippen LogP contribution in [-0.2, 0) is 6.54 Å². The molecule has 1 aliphatic rings. The Bertz CT molecular complexity index is 1050. The fraction of sp³-hybridized carbons (Fsp3) is 0.250. The lowest BCUT2D eigenvalue weighted by molar-refractivity contribution is 0.0730. The van der Waals surface area contributed by atoms with E-state index in [1.807, 2.05) is 29.2 Å². The Labute approximate surface area is 174 Å². The maximum atomic E-state index is 13.1. The van der Waals surface area contributed by atoms with Crippen molar-refractivity contribution in [3.63, 3.8) is 0 Å². The number of hydrogen-bond acceptors (Lipinski definition) is 4. The number of rotatable bonds is 4. The van der Waals surface area contributed by atoms with Crippen LogP contribution in [0, 0.1) is 17.1 Å². The van der Waals surface area contributed by atoms with Gasteiger partial charge < -0.3 is 9.32 Å². The minimum absolute atomic E-state index is 0.122. The van der Waals surface area contributed by atoms with Gasteiger partial charge in [-0.1, -0.05) is 12.1 Å². The first-order valence-corrected chi connectivity index (χ1v) is 9.99. The molecular formula is C24H22FN3O2. The molecule has 1 aromatic heterocycles. The Morgan fingerprint density at radius 2 is 1.73 bits per heavy atom. The van der Waals surface area contributed by atoms with E-state index in [0.29, 0.717) is 30.2 Å².